The van der Waals surface area contributed by atoms with Crippen LogP contribution in [0.4, 0.5) is 0 Å². The van der Waals surface area contributed by atoms with Gasteiger partial charge in [0.2, 0.25) is 3.79 Å². The number of carbonyl (C=O) groups is 2. The van der Waals surface area contributed by atoms with Crippen LogP contribution in [-0.2, 0) is 19.1 Å². The summed E-state index contributed by atoms with van der Waals surface area (Å²) in [4.78, 5) is 24.6. The number of hydrogen-bond acceptors (Lipinski definition) is 6. The van der Waals surface area contributed by atoms with Gasteiger partial charge in [-0.05, 0) is 19.3 Å². The molecule has 6 nitrogen and oxygen atoms in total. The third-order valence-electron chi connectivity index (χ3n) is 4.02. The van der Waals surface area contributed by atoms with Crippen molar-refractivity contribution in [3.8, 4) is 0 Å². The zero-order valence-electron chi connectivity index (χ0n) is 14.2. The van der Waals surface area contributed by atoms with Crippen molar-refractivity contribution in [3.63, 3.8) is 0 Å². The largest absolute Gasteiger partial charge is 0.469 e. The van der Waals surface area contributed by atoms with E-state index in [1.807, 2.05) is 13.8 Å². The molecular formula is C15H22Cl3NO5. The molecule has 138 valence electrons. The van der Waals surface area contributed by atoms with Crippen molar-refractivity contribution in [2.45, 2.75) is 36.7 Å². The summed E-state index contributed by atoms with van der Waals surface area (Å²) in [5.74, 6) is -3.38. The molecule has 3 unspecified atom stereocenters. The second-order valence-electron chi connectivity index (χ2n) is 6.16. The van der Waals surface area contributed by atoms with Crippen LogP contribution in [-0.4, -0.2) is 40.8 Å². The number of esters is 2. The maximum absolute atomic E-state index is 12.4. The number of halogens is 3. The Morgan fingerprint density at radius 3 is 2.21 bits per heavy atom. The van der Waals surface area contributed by atoms with Crippen molar-refractivity contribution in [3.05, 3.63) is 11.3 Å². The van der Waals surface area contributed by atoms with Crippen LogP contribution < -0.4 is 5.32 Å². The summed E-state index contributed by atoms with van der Waals surface area (Å²) in [7, 11) is 2.40. The van der Waals surface area contributed by atoms with E-state index in [1.165, 1.54) is 7.11 Å². The highest BCUT2D eigenvalue weighted by atomic mass is 35.6. The molecule has 1 heterocycles. The molecule has 24 heavy (non-hydrogen) atoms. The summed E-state index contributed by atoms with van der Waals surface area (Å²) in [6.45, 7) is 5.37. The highest BCUT2D eigenvalue weighted by Gasteiger charge is 2.62. The molecule has 0 aromatic rings. The minimum atomic E-state index is -2.25. The molecule has 2 N–H and O–H groups in total. The number of allylic oxidation sites excluding steroid dienone is 1. The first-order valence-electron chi connectivity index (χ1n) is 7.34. The number of ether oxygens (including phenoxy) is 2. The van der Waals surface area contributed by atoms with Crippen molar-refractivity contribution in [2.24, 2.45) is 17.8 Å². The highest BCUT2D eigenvalue weighted by molar-refractivity contribution is 6.68. The standard InChI is InChI=1S/C15H22Cl3NO5/c1-7(2)6-9-10(12(20)23-4)8(3)19-14(22,15(16,17)18)11(9)13(21)24-5/h7,9,11,19,22H,6H2,1-5H3. The van der Waals surface area contributed by atoms with E-state index in [9.17, 15) is 14.7 Å². The molecule has 1 aliphatic heterocycles. The zero-order valence-corrected chi connectivity index (χ0v) is 16.4. The predicted molar refractivity (Wildman–Crippen MR) is 91.5 cm³/mol. The number of hydrogen-bond donors (Lipinski definition) is 2. The molecule has 0 aromatic heterocycles. The second-order valence-corrected chi connectivity index (χ2v) is 8.44. The van der Waals surface area contributed by atoms with Gasteiger partial charge < -0.3 is 19.9 Å². The first-order valence-corrected chi connectivity index (χ1v) is 8.48. The van der Waals surface area contributed by atoms with Crippen LogP contribution >= 0.6 is 34.8 Å². The molecule has 3 atom stereocenters. The van der Waals surface area contributed by atoms with Crippen molar-refractivity contribution in [2.75, 3.05) is 14.2 Å². The molecule has 0 bridgehead atoms. The van der Waals surface area contributed by atoms with E-state index in [0.717, 1.165) is 7.11 Å². The van der Waals surface area contributed by atoms with Gasteiger partial charge in [-0.15, -0.1) is 0 Å². The molecule has 0 aliphatic carbocycles. The smallest absolute Gasteiger partial charge is 0.335 e. The number of nitrogens with one attached hydrogen (secondary N) is 1. The van der Waals surface area contributed by atoms with Crippen LogP contribution in [0, 0.1) is 17.8 Å². The van der Waals surface area contributed by atoms with Gasteiger partial charge in [0.15, 0.2) is 5.72 Å². The van der Waals surface area contributed by atoms with Gasteiger partial charge in [0.05, 0.1) is 19.8 Å². The monoisotopic (exact) mass is 401 g/mol. The molecule has 0 amide bonds. The summed E-state index contributed by atoms with van der Waals surface area (Å²) < 4.78 is 7.37. The number of aliphatic hydroxyl groups is 1. The molecule has 0 spiro atoms. The lowest BCUT2D eigenvalue weighted by Crippen LogP contribution is -2.66. The van der Waals surface area contributed by atoms with E-state index >= 15 is 0 Å². The number of carbonyl (C=O) groups excluding carboxylic acids is 2. The Morgan fingerprint density at radius 2 is 1.83 bits per heavy atom. The number of alkyl halides is 3. The summed E-state index contributed by atoms with van der Waals surface area (Å²) >= 11 is 17.8. The van der Waals surface area contributed by atoms with Gasteiger partial charge in [0, 0.05) is 11.6 Å². The van der Waals surface area contributed by atoms with E-state index in [0.29, 0.717) is 6.42 Å². The van der Waals surface area contributed by atoms with Gasteiger partial charge in [-0.25, -0.2) is 4.79 Å². The number of methoxy groups -OCH3 is 2. The lowest BCUT2D eigenvalue weighted by molar-refractivity contribution is -0.164. The third kappa shape index (κ3) is 3.93. The van der Waals surface area contributed by atoms with Gasteiger partial charge in [0.1, 0.15) is 5.92 Å². The van der Waals surface area contributed by atoms with Crippen molar-refractivity contribution < 1.29 is 24.2 Å². The average molecular weight is 403 g/mol. The van der Waals surface area contributed by atoms with Gasteiger partial charge in [-0.2, -0.15) is 0 Å². The van der Waals surface area contributed by atoms with Crippen LogP contribution in [0.25, 0.3) is 0 Å². The molecule has 0 saturated carbocycles. The van der Waals surface area contributed by atoms with Gasteiger partial charge in [0.25, 0.3) is 0 Å². The zero-order chi connectivity index (χ0) is 18.9. The molecule has 0 radical (unpaired) electrons. The third-order valence-corrected chi connectivity index (χ3v) is 4.89. The Kier molecular flexibility index (Phi) is 6.84. The normalized spacial score (nSPS) is 27.8. The first-order chi connectivity index (χ1) is 10.9. The minimum absolute atomic E-state index is 0.0901. The molecule has 0 aromatic carbocycles. The quantitative estimate of drug-likeness (QED) is 0.555. The lowest BCUT2D eigenvalue weighted by Gasteiger charge is -2.48. The van der Waals surface area contributed by atoms with E-state index in [-0.39, 0.29) is 17.2 Å². The van der Waals surface area contributed by atoms with Crippen LogP contribution in [0.1, 0.15) is 27.2 Å². The van der Waals surface area contributed by atoms with Crippen LogP contribution in [0.3, 0.4) is 0 Å². The van der Waals surface area contributed by atoms with Gasteiger partial charge >= 0.3 is 11.9 Å². The average Bonchev–Trinajstić information content (AvgIpc) is 2.44. The van der Waals surface area contributed by atoms with E-state index in [1.54, 1.807) is 6.92 Å². The van der Waals surface area contributed by atoms with E-state index in [4.69, 9.17) is 44.3 Å². The van der Waals surface area contributed by atoms with Gasteiger partial charge in [-0.3, -0.25) is 4.79 Å². The Bertz CT molecular complexity index is 544. The molecule has 0 saturated heterocycles. The Morgan fingerprint density at radius 1 is 1.29 bits per heavy atom. The van der Waals surface area contributed by atoms with Crippen molar-refractivity contribution >= 4 is 46.7 Å². The minimum Gasteiger partial charge on any atom is -0.469 e. The van der Waals surface area contributed by atoms with Crippen LogP contribution in [0.5, 0.6) is 0 Å². The molecule has 1 rings (SSSR count). The van der Waals surface area contributed by atoms with Crippen molar-refractivity contribution in [1.29, 1.82) is 0 Å². The first kappa shape index (κ1) is 21.4. The van der Waals surface area contributed by atoms with E-state index in [2.05, 4.69) is 5.32 Å². The maximum atomic E-state index is 12.4. The fourth-order valence-electron chi connectivity index (χ4n) is 3.05. The summed E-state index contributed by atoms with van der Waals surface area (Å²) in [5.41, 5.74) is -1.74. The fourth-order valence-corrected chi connectivity index (χ4v) is 3.55. The fraction of sp³-hybridized carbons (Fsp3) is 0.733. The molecule has 0 fully saturated rings. The second kappa shape index (κ2) is 7.68. The molecular weight excluding hydrogens is 381 g/mol. The highest BCUT2D eigenvalue weighted by Crippen LogP contribution is 2.50. The Balaban J connectivity index is 3.63. The summed E-state index contributed by atoms with van der Waals surface area (Å²) in [6.07, 6.45) is 0.381. The van der Waals surface area contributed by atoms with Gasteiger partial charge in [-0.1, -0.05) is 48.7 Å². The van der Waals surface area contributed by atoms with Crippen LogP contribution in [0.2, 0.25) is 0 Å². The van der Waals surface area contributed by atoms with Crippen LogP contribution in [0.15, 0.2) is 11.3 Å². The van der Waals surface area contributed by atoms with Crippen molar-refractivity contribution in [1.82, 2.24) is 5.32 Å². The summed E-state index contributed by atoms with van der Waals surface area (Å²) in [5, 5.41) is 13.6. The van der Waals surface area contributed by atoms with E-state index < -0.39 is 33.3 Å². The molecule has 9 heteroatoms. The SMILES string of the molecule is COC(=O)C1=C(C)NC(O)(C(Cl)(Cl)Cl)C(C(=O)OC)C1CC(C)C. The maximum Gasteiger partial charge on any atom is 0.335 e. The lowest BCUT2D eigenvalue weighted by atomic mass is 9.72. The Hall–Kier alpha value is -0.690. The predicted octanol–water partition coefficient (Wildman–Crippen LogP) is 2.55. The molecule has 1 aliphatic rings. The topological polar surface area (TPSA) is 84.9 Å². The summed E-state index contributed by atoms with van der Waals surface area (Å²) in [6, 6.07) is 0. The number of rotatable bonds is 4. The Labute approximate surface area is 156 Å².